The van der Waals surface area contributed by atoms with Crippen molar-refractivity contribution in [1.82, 2.24) is 4.98 Å². The molecule has 4 aromatic rings. The van der Waals surface area contributed by atoms with Crippen LogP contribution in [0.3, 0.4) is 0 Å². The van der Waals surface area contributed by atoms with E-state index in [9.17, 15) is 9.59 Å². The molecule has 0 fully saturated rings. The van der Waals surface area contributed by atoms with Gasteiger partial charge < -0.3 is 9.72 Å². The van der Waals surface area contributed by atoms with Crippen LogP contribution in [-0.4, -0.2) is 16.9 Å². The molecular weight excluding hydrogens is 386 g/mol. The number of hydrogen-bond donors (Lipinski definition) is 1. The molecule has 0 spiro atoms. The van der Waals surface area contributed by atoms with Gasteiger partial charge in [0.15, 0.2) is 6.10 Å². The Labute approximate surface area is 171 Å². The highest BCUT2D eigenvalue weighted by Crippen LogP contribution is 2.44. The summed E-state index contributed by atoms with van der Waals surface area (Å²) in [5.74, 6) is -0.216. The molecule has 1 aliphatic heterocycles. The summed E-state index contributed by atoms with van der Waals surface area (Å²) in [7, 11) is 0. The molecular formula is C24H16ClNO3. The van der Waals surface area contributed by atoms with Gasteiger partial charge >= 0.3 is 0 Å². The van der Waals surface area contributed by atoms with Gasteiger partial charge in [-0.2, -0.15) is 0 Å². The van der Waals surface area contributed by atoms with Crippen LogP contribution in [0.4, 0.5) is 0 Å². The summed E-state index contributed by atoms with van der Waals surface area (Å²) in [5.41, 5.74) is 2.26. The first-order chi connectivity index (χ1) is 14.1. The maximum Gasteiger partial charge on any atom is 0.256 e. The Bertz CT molecular complexity index is 1280. The smallest absolute Gasteiger partial charge is 0.256 e. The van der Waals surface area contributed by atoms with Crippen molar-refractivity contribution in [3.8, 4) is 5.75 Å². The van der Waals surface area contributed by atoms with Crippen LogP contribution in [0.1, 0.15) is 27.4 Å². The molecule has 0 saturated carbocycles. The Kier molecular flexibility index (Phi) is 4.22. The molecule has 2 heterocycles. The number of hydrogen-bond acceptors (Lipinski definition) is 3. The second-order valence-corrected chi connectivity index (χ2v) is 7.48. The van der Waals surface area contributed by atoms with Crippen LogP contribution in [0.15, 0.2) is 83.7 Å². The standard InChI is InChI=1S/C24H16ClNO3/c25-16-12-10-14(11-13-16)19-20-22(17-8-4-5-9-18(17)26-24(20)28)29-23(19)21(27)15-6-2-1-3-7-15/h1-13,19,23H,(H,26,28). The van der Waals surface area contributed by atoms with Crippen molar-refractivity contribution in [2.75, 3.05) is 0 Å². The topological polar surface area (TPSA) is 59.2 Å². The van der Waals surface area contributed by atoms with Gasteiger partial charge in [0.25, 0.3) is 5.56 Å². The third kappa shape index (κ3) is 2.93. The van der Waals surface area contributed by atoms with Gasteiger partial charge in [-0.1, -0.05) is 66.2 Å². The van der Waals surface area contributed by atoms with Crippen molar-refractivity contribution in [3.05, 3.63) is 111 Å². The molecule has 1 aromatic heterocycles. The second kappa shape index (κ2) is 6.90. The molecule has 1 aliphatic rings. The van der Waals surface area contributed by atoms with Gasteiger partial charge in [-0.05, 0) is 29.8 Å². The molecule has 2 unspecified atom stereocenters. The summed E-state index contributed by atoms with van der Waals surface area (Å²) in [6.45, 7) is 0. The maximum atomic E-state index is 13.4. The number of halogens is 1. The molecule has 142 valence electrons. The third-order valence-electron chi connectivity index (χ3n) is 5.31. The van der Waals surface area contributed by atoms with E-state index in [1.54, 1.807) is 24.3 Å². The molecule has 2 atom stereocenters. The zero-order chi connectivity index (χ0) is 20.0. The van der Waals surface area contributed by atoms with E-state index in [0.29, 0.717) is 27.4 Å². The van der Waals surface area contributed by atoms with Crippen LogP contribution < -0.4 is 10.3 Å². The number of para-hydroxylation sites is 1. The first-order valence-electron chi connectivity index (χ1n) is 9.30. The van der Waals surface area contributed by atoms with E-state index in [2.05, 4.69) is 4.98 Å². The molecule has 29 heavy (non-hydrogen) atoms. The van der Waals surface area contributed by atoms with Gasteiger partial charge in [-0.25, -0.2) is 0 Å². The third-order valence-corrected chi connectivity index (χ3v) is 5.57. The fourth-order valence-electron chi connectivity index (χ4n) is 3.97. The number of ether oxygens (including phenoxy) is 1. The van der Waals surface area contributed by atoms with Gasteiger partial charge in [-0.3, -0.25) is 9.59 Å². The molecule has 0 amide bonds. The van der Waals surface area contributed by atoms with Crippen molar-refractivity contribution in [1.29, 1.82) is 0 Å². The van der Waals surface area contributed by atoms with E-state index in [1.165, 1.54) is 0 Å². The number of carbonyl (C=O) groups is 1. The SMILES string of the molecule is O=C(c1ccccc1)C1Oc2c(c(=O)[nH]c3ccccc23)C1c1ccc(Cl)cc1. The lowest BCUT2D eigenvalue weighted by Gasteiger charge is -2.18. The number of carbonyl (C=O) groups excluding carboxylic acids is 1. The first-order valence-corrected chi connectivity index (χ1v) is 9.67. The molecule has 0 radical (unpaired) electrons. The molecule has 5 rings (SSSR count). The maximum absolute atomic E-state index is 13.4. The fourth-order valence-corrected chi connectivity index (χ4v) is 4.09. The van der Waals surface area contributed by atoms with Gasteiger partial charge in [0.1, 0.15) is 5.75 Å². The lowest BCUT2D eigenvalue weighted by Crippen LogP contribution is -2.31. The minimum atomic E-state index is -0.833. The largest absolute Gasteiger partial charge is 0.480 e. The van der Waals surface area contributed by atoms with Crippen LogP contribution in [0, 0.1) is 0 Å². The van der Waals surface area contributed by atoms with Gasteiger partial charge in [0.2, 0.25) is 5.78 Å². The highest BCUT2D eigenvalue weighted by atomic mass is 35.5. The van der Waals surface area contributed by atoms with Gasteiger partial charge in [0.05, 0.1) is 17.0 Å². The van der Waals surface area contributed by atoms with Gasteiger partial charge in [0, 0.05) is 16.0 Å². The average molecular weight is 402 g/mol. The number of ketones is 1. The van der Waals surface area contributed by atoms with E-state index in [1.807, 2.05) is 54.6 Å². The van der Waals surface area contributed by atoms with Gasteiger partial charge in [-0.15, -0.1) is 0 Å². The number of pyridine rings is 1. The van der Waals surface area contributed by atoms with Crippen LogP contribution in [0.2, 0.25) is 5.02 Å². The number of benzene rings is 3. The van der Waals surface area contributed by atoms with Crippen LogP contribution >= 0.6 is 11.6 Å². The number of aromatic nitrogens is 1. The average Bonchev–Trinajstić information content (AvgIpc) is 3.16. The van der Waals surface area contributed by atoms with Crippen LogP contribution in [-0.2, 0) is 0 Å². The zero-order valence-corrected chi connectivity index (χ0v) is 16.0. The monoisotopic (exact) mass is 401 g/mol. The lowest BCUT2D eigenvalue weighted by molar-refractivity contribution is 0.0808. The Balaban J connectivity index is 1.73. The molecule has 3 aromatic carbocycles. The van der Waals surface area contributed by atoms with Crippen LogP contribution in [0.5, 0.6) is 5.75 Å². The fraction of sp³-hybridized carbons (Fsp3) is 0.0833. The second-order valence-electron chi connectivity index (χ2n) is 7.04. The number of H-pyrrole nitrogens is 1. The van der Waals surface area contributed by atoms with Crippen molar-refractivity contribution in [3.63, 3.8) is 0 Å². The Morgan fingerprint density at radius 1 is 0.897 bits per heavy atom. The van der Waals surface area contributed by atoms with Crippen molar-refractivity contribution >= 4 is 28.3 Å². The molecule has 4 nitrogen and oxygen atoms in total. The summed E-state index contributed by atoms with van der Waals surface area (Å²) in [6.07, 6.45) is -0.833. The molecule has 5 heteroatoms. The molecule has 1 N–H and O–H groups in total. The number of Topliss-reactive ketones (excluding diaryl/α,β-unsaturated/α-hetero) is 1. The molecule has 0 bridgehead atoms. The summed E-state index contributed by atoms with van der Waals surface area (Å²) in [6, 6.07) is 23.6. The van der Waals surface area contributed by atoms with E-state index >= 15 is 0 Å². The summed E-state index contributed by atoms with van der Waals surface area (Å²) in [4.78, 5) is 29.3. The molecule has 0 saturated heterocycles. The van der Waals surface area contributed by atoms with Crippen molar-refractivity contribution in [2.24, 2.45) is 0 Å². The predicted molar refractivity (Wildman–Crippen MR) is 113 cm³/mol. The van der Waals surface area contributed by atoms with Crippen molar-refractivity contribution in [2.45, 2.75) is 12.0 Å². The minimum absolute atomic E-state index is 0.162. The van der Waals surface area contributed by atoms with E-state index < -0.39 is 12.0 Å². The highest BCUT2D eigenvalue weighted by Gasteiger charge is 2.43. The number of nitrogens with one attached hydrogen (secondary N) is 1. The number of fused-ring (bicyclic) bond motifs is 3. The highest BCUT2D eigenvalue weighted by molar-refractivity contribution is 6.30. The Hall–Kier alpha value is -3.37. The Morgan fingerprint density at radius 2 is 1.59 bits per heavy atom. The number of rotatable bonds is 3. The molecule has 0 aliphatic carbocycles. The van der Waals surface area contributed by atoms with E-state index in [4.69, 9.17) is 16.3 Å². The first kappa shape index (κ1) is 17.7. The normalized spacial score (nSPS) is 17.7. The quantitative estimate of drug-likeness (QED) is 0.494. The Morgan fingerprint density at radius 3 is 2.34 bits per heavy atom. The summed E-state index contributed by atoms with van der Waals surface area (Å²) in [5, 5.41) is 1.37. The van der Waals surface area contributed by atoms with E-state index in [-0.39, 0.29) is 11.3 Å². The lowest BCUT2D eigenvalue weighted by atomic mass is 9.85. The summed E-state index contributed by atoms with van der Waals surface area (Å²) >= 11 is 6.06. The van der Waals surface area contributed by atoms with Crippen LogP contribution in [0.25, 0.3) is 10.9 Å². The zero-order valence-electron chi connectivity index (χ0n) is 15.3. The van der Waals surface area contributed by atoms with E-state index in [0.717, 1.165) is 10.9 Å². The minimum Gasteiger partial charge on any atom is -0.480 e. The summed E-state index contributed by atoms with van der Waals surface area (Å²) < 4.78 is 6.21. The predicted octanol–water partition coefficient (Wildman–Crippen LogP) is 4.96. The van der Waals surface area contributed by atoms with Crippen molar-refractivity contribution < 1.29 is 9.53 Å². The number of aromatic amines is 1.